The summed E-state index contributed by atoms with van der Waals surface area (Å²) in [7, 11) is -0.298. The van der Waals surface area contributed by atoms with Crippen LogP contribution in [-0.2, 0) is 16.1 Å². The number of nitriles is 1. The molecule has 0 aliphatic heterocycles. The number of nitrogens with one attached hydrogen (secondary N) is 1. The molecular weight excluding hydrogens is 371 g/mol. The monoisotopic (exact) mass is 394 g/mol. The van der Waals surface area contributed by atoms with Crippen LogP contribution in [0.5, 0.6) is 0 Å². The Morgan fingerprint density at radius 1 is 1.21 bits per heavy atom. The van der Waals surface area contributed by atoms with Crippen LogP contribution in [-0.4, -0.2) is 21.1 Å². The normalized spacial score (nSPS) is 11.7. The van der Waals surface area contributed by atoms with Crippen LogP contribution in [0.25, 0.3) is 0 Å². The molecule has 0 saturated heterocycles. The first-order valence-corrected chi connectivity index (χ1v) is 12.4. The number of hydrogen-bond donors (Lipinski definition) is 1. The van der Waals surface area contributed by atoms with Gasteiger partial charge in [0.25, 0.3) is 5.91 Å². The lowest BCUT2D eigenvalue weighted by atomic mass is 10.0. The molecule has 144 valence electrons. The van der Waals surface area contributed by atoms with Crippen LogP contribution in [0.15, 0.2) is 42.5 Å². The summed E-state index contributed by atoms with van der Waals surface area (Å²) in [6.45, 7) is 6.53. The zero-order valence-electron chi connectivity index (χ0n) is 16.5. The third-order valence-corrected chi connectivity index (χ3v) is 4.79. The Labute approximate surface area is 166 Å². The molecule has 2 aromatic carbocycles. The first-order chi connectivity index (χ1) is 13.2. The SMILES string of the molecule is COC(C(=O)NCc1ccc(C#N)cc1)c1c(F)cccc1C#C[Si](C)(C)C. The van der Waals surface area contributed by atoms with Gasteiger partial charge in [0.2, 0.25) is 0 Å². The van der Waals surface area contributed by atoms with Crippen molar-refractivity contribution >= 4 is 14.0 Å². The molecule has 28 heavy (non-hydrogen) atoms. The molecule has 0 fully saturated rings. The van der Waals surface area contributed by atoms with E-state index in [1.807, 2.05) is 6.07 Å². The highest BCUT2D eigenvalue weighted by Gasteiger charge is 2.26. The van der Waals surface area contributed by atoms with Crippen LogP contribution in [0.4, 0.5) is 4.39 Å². The zero-order chi connectivity index (χ0) is 20.7. The molecule has 0 aliphatic rings. The molecule has 0 bridgehead atoms. The summed E-state index contributed by atoms with van der Waals surface area (Å²) in [4.78, 5) is 12.7. The van der Waals surface area contributed by atoms with Gasteiger partial charge in [-0.2, -0.15) is 5.26 Å². The second-order valence-electron chi connectivity index (χ2n) is 7.34. The Bertz CT molecular complexity index is 948. The lowest BCUT2D eigenvalue weighted by Crippen LogP contribution is -2.31. The molecule has 4 nitrogen and oxygen atoms in total. The molecule has 0 saturated carbocycles. The highest BCUT2D eigenvalue weighted by Crippen LogP contribution is 2.24. The van der Waals surface area contributed by atoms with Gasteiger partial charge >= 0.3 is 0 Å². The highest BCUT2D eigenvalue weighted by atomic mass is 28.3. The number of methoxy groups -OCH3 is 1. The minimum Gasteiger partial charge on any atom is -0.367 e. The van der Waals surface area contributed by atoms with E-state index in [0.717, 1.165) is 5.56 Å². The number of rotatable bonds is 5. The van der Waals surface area contributed by atoms with E-state index in [-0.39, 0.29) is 12.1 Å². The standard InChI is InChI=1S/C22H23FN2O2Si/c1-27-21(22(26)25-15-17-10-8-16(14-24)9-11-17)20-18(6-5-7-19(20)23)12-13-28(2,3)4/h5-11,21H,15H2,1-4H3,(H,25,26). The van der Waals surface area contributed by atoms with Gasteiger partial charge in [0.05, 0.1) is 11.6 Å². The number of amides is 1. The van der Waals surface area contributed by atoms with Crippen molar-refractivity contribution in [1.82, 2.24) is 5.32 Å². The van der Waals surface area contributed by atoms with Crippen LogP contribution in [0.1, 0.15) is 28.4 Å². The molecule has 6 heteroatoms. The Morgan fingerprint density at radius 3 is 2.46 bits per heavy atom. The van der Waals surface area contributed by atoms with Gasteiger partial charge in [-0.05, 0) is 29.8 Å². The number of benzene rings is 2. The molecule has 1 N–H and O–H groups in total. The Morgan fingerprint density at radius 2 is 1.89 bits per heavy atom. The third kappa shape index (κ3) is 5.78. The fourth-order valence-electron chi connectivity index (χ4n) is 2.50. The summed E-state index contributed by atoms with van der Waals surface area (Å²) < 4.78 is 19.9. The molecule has 2 rings (SSSR count). The van der Waals surface area contributed by atoms with Crippen molar-refractivity contribution in [2.45, 2.75) is 32.3 Å². The van der Waals surface area contributed by atoms with Crippen molar-refractivity contribution in [3.8, 4) is 17.5 Å². The zero-order valence-corrected chi connectivity index (χ0v) is 17.5. The predicted molar refractivity (Wildman–Crippen MR) is 109 cm³/mol. The maximum Gasteiger partial charge on any atom is 0.254 e. The van der Waals surface area contributed by atoms with E-state index >= 15 is 0 Å². The van der Waals surface area contributed by atoms with Gasteiger partial charge in [-0.1, -0.05) is 43.8 Å². The fourth-order valence-corrected chi connectivity index (χ4v) is 3.01. The van der Waals surface area contributed by atoms with Crippen LogP contribution in [0, 0.1) is 28.6 Å². The minimum atomic E-state index is -1.67. The van der Waals surface area contributed by atoms with Crippen molar-refractivity contribution in [1.29, 1.82) is 5.26 Å². The molecular formula is C22H23FN2O2Si. The van der Waals surface area contributed by atoms with Gasteiger partial charge in [0, 0.05) is 24.8 Å². The third-order valence-electron chi connectivity index (χ3n) is 3.91. The minimum absolute atomic E-state index is 0.146. The predicted octanol–water partition coefficient (Wildman–Crippen LogP) is 3.93. The maximum absolute atomic E-state index is 14.6. The molecule has 1 atom stereocenters. The molecule has 1 amide bonds. The molecule has 0 spiro atoms. The average Bonchev–Trinajstić information content (AvgIpc) is 2.66. The van der Waals surface area contributed by atoms with Crippen LogP contribution in [0.2, 0.25) is 19.6 Å². The quantitative estimate of drug-likeness (QED) is 0.617. The van der Waals surface area contributed by atoms with Gasteiger partial charge < -0.3 is 10.1 Å². The summed E-state index contributed by atoms with van der Waals surface area (Å²) in [5, 5.41) is 11.6. The van der Waals surface area contributed by atoms with Gasteiger partial charge in [0.15, 0.2) is 6.10 Å². The van der Waals surface area contributed by atoms with Crippen molar-refractivity contribution in [3.05, 3.63) is 70.5 Å². The van der Waals surface area contributed by atoms with Gasteiger partial charge in [-0.25, -0.2) is 4.39 Å². The maximum atomic E-state index is 14.6. The second kappa shape index (κ2) is 9.32. The van der Waals surface area contributed by atoms with Crippen LogP contribution < -0.4 is 5.32 Å². The molecule has 0 radical (unpaired) electrons. The number of halogens is 1. The highest BCUT2D eigenvalue weighted by molar-refractivity contribution is 6.83. The van der Waals surface area contributed by atoms with E-state index in [9.17, 15) is 9.18 Å². The van der Waals surface area contributed by atoms with E-state index in [2.05, 4.69) is 36.4 Å². The Balaban J connectivity index is 2.24. The van der Waals surface area contributed by atoms with E-state index in [1.54, 1.807) is 36.4 Å². The number of hydrogen-bond acceptors (Lipinski definition) is 3. The van der Waals surface area contributed by atoms with E-state index < -0.39 is 25.9 Å². The largest absolute Gasteiger partial charge is 0.367 e. The lowest BCUT2D eigenvalue weighted by Gasteiger charge is -2.18. The van der Waals surface area contributed by atoms with Gasteiger partial charge in [-0.3, -0.25) is 4.79 Å². The number of nitrogens with zero attached hydrogens (tertiary/aromatic N) is 1. The summed E-state index contributed by atoms with van der Waals surface area (Å²) in [6, 6.07) is 13.5. The molecule has 2 aromatic rings. The van der Waals surface area contributed by atoms with Crippen molar-refractivity contribution in [2.24, 2.45) is 0 Å². The lowest BCUT2D eigenvalue weighted by molar-refractivity contribution is -0.131. The number of carbonyl (C=O) groups excluding carboxylic acids is 1. The molecule has 0 heterocycles. The van der Waals surface area contributed by atoms with Crippen molar-refractivity contribution in [2.75, 3.05) is 7.11 Å². The van der Waals surface area contributed by atoms with Crippen molar-refractivity contribution < 1.29 is 13.9 Å². The summed E-state index contributed by atoms with van der Waals surface area (Å²) in [6.07, 6.45) is -1.11. The van der Waals surface area contributed by atoms with Gasteiger partial charge in [-0.15, -0.1) is 5.54 Å². The first kappa shape index (κ1) is 21.4. The number of ether oxygens (including phenoxy) is 1. The van der Waals surface area contributed by atoms with E-state index in [1.165, 1.54) is 13.2 Å². The topological polar surface area (TPSA) is 62.1 Å². The Kier molecular flexibility index (Phi) is 7.11. The Hall–Kier alpha value is -2.93. The number of carbonyl (C=O) groups is 1. The second-order valence-corrected chi connectivity index (χ2v) is 12.1. The fraction of sp³-hybridized carbons (Fsp3) is 0.273. The molecule has 0 aliphatic carbocycles. The van der Waals surface area contributed by atoms with Crippen molar-refractivity contribution in [3.63, 3.8) is 0 Å². The van der Waals surface area contributed by atoms with E-state index in [4.69, 9.17) is 10.00 Å². The van der Waals surface area contributed by atoms with Gasteiger partial charge in [0.1, 0.15) is 13.9 Å². The summed E-state index contributed by atoms with van der Waals surface area (Å²) >= 11 is 0. The molecule has 1 unspecified atom stereocenters. The van der Waals surface area contributed by atoms with E-state index in [0.29, 0.717) is 11.1 Å². The summed E-state index contributed by atoms with van der Waals surface area (Å²) in [5.41, 5.74) is 5.18. The average molecular weight is 395 g/mol. The van der Waals surface area contributed by atoms with Crippen LogP contribution in [0.3, 0.4) is 0 Å². The molecule has 0 aromatic heterocycles. The first-order valence-electron chi connectivity index (χ1n) is 8.86. The summed E-state index contributed by atoms with van der Waals surface area (Å²) in [5.74, 6) is 2.06. The smallest absolute Gasteiger partial charge is 0.254 e. The van der Waals surface area contributed by atoms with Crippen LogP contribution >= 0.6 is 0 Å².